The number of hydrogen-bond donors (Lipinski definition) is 0. The molecule has 0 N–H and O–H groups in total. The van der Waals surface area contributed by atoms with E-state index in [4.69, 9.17) is 4.98 Å². The summed E-state index contributed by atoms with van der Waals surface area (Å²) in [6.07, 6.45) is 0. The van der Waals surface area contributed by atoms with Crippen LogP contribution in [0.5, 0.6) is 0 Å². The molecule has 0 amide bonds. The molecule has 1 heteroatoms. The van der Waals surface area contributed by atoms with E-state index in [2.05, 4.69) is 131 Å². The van der Waals surface area contributed by atoms with Crippen molar-refractivity contribution in [3.05, 3.63) is 125 Å². The first kappa shape index (κ1) is 21.3. The maximum atomic E-state index is 5.15. The summed E-state index contributed by atoms with van der Waals surface area (Å²) in [6.45, 7) is 9.27. The number of hydrogen-bond acceptors (Lipinski definition) is 1. The van der Waals surface area contributed by atoms with Gasteiger partial charge >= 0.3 is 0 Å². The van der Waals surface area contributed by atoms with Gasteiger partial charge in [0.2, 0.25) is 0 Å². The van der Waals surface area contributed by atoms with Crippen molar-refractivity contribution in [2.75, 3.05) is 0 Å². The summed E-state index contributed by atoms with van der Waals surface area (Å²) in [5.41, 5.74) is 15.3. The molecule has 0 bridgehead atoms. The Hall–Kier alpha value is -3.97. The van der Waals surface area contributed by atoms with Crippen LogP contribution in [-0.4, -0.2) is 4.98 Å². The van der Waals surface area contributed by atoms with Crippen LogP contribution >= 0.6 is 0 Å². The molecule has 0 spiro atoms. The molecule has 7 rings (SSSR count). The van der Waals surface area contributed by atoms with Crippen LogP contribution in [0.15, 0.2) is 103 Å². The molecule has 0 saturated heterocycles. The molecule has 1 heterocycles. The highest BCUT2D eigenvalue weighted by molar-refractivity contribution is 5.84. The van der Waals surface area contributed by atoms with Crippen LogP contribution in [-0.2, 0) is 10.8 Å². The van der Waals surface area contributed by atoms with E-state index in [1.807, 2.05) is 0 Å². The third-order valence-electron chi connectivity index (χ3n) is 8.52. The lowest BCUT2D eigenvalue weighted by atomic mass is 9.81. The lowest BCUT2D eigenvalue weighted by molar-refractivity contribution is 0.659. The van der Waals surface area contributed by atoms with Crippen molar-refractivity contribution < 1.29 is 0 Å². The molecule has 4 aromatic carbocycles. The van der Waals surface area contributed by atoms with Crippen molar-refractivity contribution >= 4 is 0 Å². The van der Waals surface area contributed by atoms with E-state index in [0.29, 0.717) is 0 Å². The Labute approximate surface area is 213 Å². The topological polar surface area (TPSA) is 12.9 Å². The minimum absolute atomic E-state index is 0.0116. The molecule has 1 nitrogen and oxygen atoms in total. The van der Waals surface area contributed by atoms with Crippen LogP contribution in [0.2, 0.25) is 0 Å². The van der Waals surface area contributed by atoms with E-state index in [9.17, 15) is 0 Å². The maximum Gasteiger partial charge on any atom is 0.0753 e. The number of fused-ring (bicyclic) bond motifs is 6. The number of pyridine rings is 1. The Morgan fingerprint density at radius 1 is 0.444 bits per heavy atom. The van der Waals surface area contributed by atoms with Crippen LogP contribution in [0, 0.1) is 0 Å². The average Bonchev–Trinajstić information content (AvgIpc) is 3.28. The Balaban J connectivity index is 1.25. The summed E-state index contributed by atoms with van der Waals surface area (Å²) >= 11 is 0. The summed E-state index contributed by atoms with van der Waals surface area (Å²) in [5.74, 6) is 0. The standard InChI is InChI=1S/C35H29N/c1-34(2)29-12-8-6-10-27(29)33-30(34)19-20-32(36-33)23-15-13-22(14-16-23)24-17-18-26-25-9-5-7-11-28(25)35(3,4)31(26)21-24/h5-21H,1-4H3. The van der Waals surface area contributed by atoms with Gasteiger partial charge in [-0.05, 0) is 56.6 Å². The van der Waals surface area contributed by atoms with Gasteiger partial charge < -0.3 is 0 Å². The van der Waals surface area contributed by atoms with Crippen molar-refractivity contribution in [3.63, 3.8) is 0 Å². The fraction of sp³-hybridized carbons (Fsp3) is 0.171. The molecular weight excluding hydrogens is 434 g/mol. The third-order valence-corrected chi connectivity index (χ3v) is 8.52. The van der Waals surface area contributed by atoms with Crippen molar-refractivity contribution in [3.8, 4) is 44.8 Å². The van der Waals surface area contributed by atoms with Crippen LogP contribution in [0.1, 0.15) is 49.9 Å². The Morgan fingerprint density at radius 3 is 1.75 bits per heavy atom. The van der Waals surface area contributed by atoms with Gasteiger partial charge in [0.1, 0.15) is 0 Å². The number of benzene rings is 4. The zero-order valence-corrected chi connectivity index (χ0v) is 21.3. The quantitative estimate of drug-likeness (QED) is 0.254. The molecule has 0 saturated carbocycles. The first-order valence-corrected chi connectivity index (χ1v) is 12.8. The predicted molar refractivity (Wildman–Crippen MR) is 150 cm³/mol. The highest BCUT2D eigenvalue weighted by atomic mass is 14.7. The predicted octanol–water partition coefficient (Wildman–Crippen LogP) is 9.03. The van der Waals surface area contributed by atoms with E-state index in [1.165, 1.54) is 50.1 Å². The van der Waals surface area contributed by atoms with Gasteiger partial charge in [0.05, 0.1) is 11.4 Å². The second-order valence-electron chi connectivity index (χ2n) is 11.3. The lowest BCUT2D eigenvalue weighted by Gasteiger charge is -2.22. The molecule has 5 aromatic rings. The van der Waals surface area contributed by atoms with Crippen LogP contribution in [0.3, 0.4) is 0 Å². The summed E-state index contributed by atoms with van der Waals surface area (Å²) in [6, 6.07) is 37.8. The monoisotopic (exact) mass is 463 g/mol. The van der Waals surface area contributed by atoms with Crippen molar-refractivity contribution in [1.29, 1.82) is 0 Å². The summed E-state index contributed by atoms with van der Waals surface area (Å²) in [5, 5.41) is 0. The van der Waals surface area contributed by atoms with Gasteiger partial charge in [0.15, 0.2) is 0 Å². The molecular formula is C35H29N. The molecule has 0 atom stereocenters. The van der Waals surface area contributed by atoms with Crippen LogP contribution < -0.4 is 0 Å². The number of rotatable bonds is 2. The molecule has 0 fully saturated rings. The smallest absolute Gasteiger partial charge is 0.0753 e. The second-order valence-corrected chi connectivity index (χ2v) is 11.3. The zero-order chi connectivity index (χ0) is 24.7. The molecule has 2 aliphatic rings. The maximum absolute atomic E-state index is 5.15. The minimum Gasteiger partial charge on any atom is -0.247 e. The van der Waals surface area contributed by atoms with Gasteiger partial charge in [0.25, 0.3) is 0 Å². The van der Waals surface area contributed by atoms with E-state index in [-0.39, 0.29) is 10.8 Å². The van der Waals surface area contributed by atoms with E-state index >= 15 is 0 Å². The molecule has 0 radical (unpaired) electrons. The summed E-state index contributed by atoms with van der Waals surface area (Å²) in [7, 11) is 0. The van der Waals surface area contributed by atoms with Crippen LogP contribution in [0.4, 0.5) is 0 Å². The lowest BCUT2D eigenvalue weighted by Crippen LogP contribution is -2.14. The second kappa shape index (κ2) is 7.27. The normalized spacial score (nSPS) is 15.7. The van der Waals surface area contributed by atoms with Gasteiger partial charge in [-0.25, -0.2) is 4.98 Å². The zero-order valence-electron chi connectivity index (χ0n) is 21.3. The molecule has 36 heavy (non-hydrogen) atoms. The molecule has 174 valence electrons. The Morgan fingerprint density at radius 2 is 1.00 bits per heavy atom. The first-order valence-electron chi connectivity index (χ1n) is 12.8. The van der Waals surface area contributed by atoms with Crippen molar-refractivity contribution in [2.45, 2.75) is 38.5 Å². The van der Waals surface area contributed by atoms with E-state index < -0.39 is 0 Å². The highest BCUT2D eigenvalue weighted by Crippen LogP contribution is 2.50. The highest BCUT2D eigenvalue weighted by Gasteiger charge is 2.37. The number of nitrogens with zero attached hydrogens (tertiary/aromatic N) is 1. The van der Waals surface area contributed by atoms with Gasteiger partial charge in [-0.2, -0.15) is 0 Å². The summed E-state index contributed by atoms with van der Waals surface area (Å²) < 4.78 is 0. The van der Waals surface area contributed by atoms with Gasteiger partial charge in [-0.15, -0.1) is 0 Å². The SMILES string of the molecule is CC1(C)c2ccccc2-c2ccc(-c3ccc(-c4ccc5c(n4)-c4ccccc4C5(C)C)cc3)cc21. The largest absolute Gasteiger partial charge is 0.247 e. The molecule has 2 aliphatic carbocycles. The molecule has 0 unspecified atom stereocenters. The first-order chi connectivity index (χ1) is 17.4. The fourth-order valence-electron chi connectivity index (χ4n) is 6.43. The van der Waals surface area contributed by atoms with Gasteiger partial charge in [0, 0.05) is 22.0 Å². The summed E-state index contributed by atoms with van der Waals surface area (Å²) in [4.78, 5) is 5.15. The molecule has 1 aromatic heterocycles. The van der Waals surface area contributed by atoms with Gasteiger partial charge in [-0.3, -0.25) is 0 Å². The number of aromatic nitrogens is 1. The Bertz CT molecular complexity index is 1670. The van der Waals surface area contributed by atoms with E-state index in [0.717, 1.165) is 17.0 Å². The van der Waals surface area contributed by atoms with E-state index in [1.54, 1.807) is 0 Å². The Kier molecular flexibility index (Phi) is 4.31. The fourth-order valence-corrected chi connectivity index (χ4v) is 6.43. The minimum atomic E-state index is -0.0116. The molecule has 0 aliphatic heterocycles. The van der Waals surface area contributed by atoms with Gasteiger partial charge in [-0.1, -0.05) is 119 Å². The average molecular weight is 464 g/mol. The third kappa shape index (κ3) is 2.86. The van der Waals surface area contributed by atoms with Crippen molar-refractivity contribution in [1.82, 2.24) is 4.98 Å². The van der Waals surface area contributed by atoms with Crippen molar-refractivity contribution in [2.24, 2.45) is 0 Å². The van der Waals surface area contributed by atoms with Crippen LogP contribution in [0.25, 0.3) is 44.8 Å².